The van der Waals surface area contributed by atoms with Gasteiger partial charge in [-0.15, -0.1) is 0 Å². The van der Waals surface area contributed by atoms with Gasteiger partial charge in [0.25, 0.3) is 0 Å². The Morgan fingerprint density at radius 1 is 1.19 bits per heavy atom. The molecule has 0 radical (unpaired) electrons. The van der Waals surface area contributed by atoms with Crippen LogP contribution in [-0.2, 0) is 6.18 Å². The van der Waals surface area contributed by atoms with Crippen LogP contribution in [0.4, 0.5) is 23.4 Å². The highest BCUT2D eigenvalue weighted by molar-refractivity contribution is 5.45. The minimum atomic E-state index is -4.81. The normalized spacial score (nSPS) is 13.0. The van der Waals surface area contributed by atoms with Crippen LogP contribution in [0.25, 0.3) is 0 Å². The van der Waals surface area contributed by atoms with Crippen LogP contribution in [0.2, 0.25) is 0 Å². The van der Waals surface area contributed by atoms with Crippen LogP contribution in [0.15, 0.2) is 36.5 Å². The number of nitrogen functional groups attached to an aromatic ring is 1. The number of nitrogens with two attached hydrogens (primary N) is 1. The van der Waals surface area contributed by atoms with E-state index >= 15 is 0 Å². The third-order valence-electron chi connectivity index (χ3n) is 2.87. The predicted octanol–water partition coefficient (Wildman–Crippen LogP) is 3.96. The van der Waals surface area contributed by atoms with Gasteiger partial charge in [0.05, 0.1) is 5.56 Å². The molecule has 0 fully saturated rings. The summed E-state index contributed by atoms with van der Waals surface area (Å²) in [5.74, 6) is -1.15. The Morgan fingerprint density at radius 3 is 2.52 bits per heavy atom. The number of hydrogen-bond donors (Lipinski definition) is 1. The van der Waals surface area contributed by atoms with Crippen molar-refractivity contribution >= 4 is 5.82 Å². The molecule has 0 amide bonds. The minimum absolute atomic E-state index is 0.0503. The average Bonchev–Trinajstić information content (AvgIpc) is 2.39. The highest BCUT2D eigenvalue weighted by atomic mass is 19.4. The summed E-state index contributed by atoms with van der Waals surface area (Å²) < 4.78 is 57.7. The number of nitrogens with zero attached hydrogens (tertiary/aromatic N) is 1. The maximum absolute atomic E-state index is 13.5. The van der Waals surface area contributed by atoms with E-state index in [0.717, 1.165) is 6.07 Å². The van der Waals surface area contributed by atoms with Gasteiger partial charge in [-0.05, 0) is 25.1 Å². The van der Waals surface area contributed by atoms with Gasteiger partial charge in [0.15, 0.2) is 11.6 Å². The lowest BCUT2D eigenvalue weighted by Crippen LogP contribution is -2.16. The van der Waals surface area contributed by atoms with Gasteiger partial charge < -0.3 is 10.5 Å². The summed E-state index contributed by atoms with van der Waals surface area (Å²) in [4.78, 5) is 3.77. The van der Waals surface area contributed by atoms with Crippen molar-refractivity contribution in [2.24, 2.45) is 0 Å². The van der Waals surface area contributed by atoms with Gasteiger partial charge in [-0.3, -0.25) is 0 Å². The molecule has 1 heterocycles. The quantitative estimate of drug-likeness (QED) is 0.873. The number of rotatable bonds is 3. The molecule has 1 unspecified atom stereocenters. The van der Waals surface area contributed by atoms with Crippen molar-refractivity contribution in [1.82, 2.24) is 4.98 Å². The van der Waals surface area contributed by atoms with Crippen LogP contribution in [0.5, 0.6) is 5.75 Å². The van der Waals surface area contributed by atoms with Crippen molar-refractivity contribution in [2.75, 3.05) is 5.73 Å². The van der Waals surface area contributed by atoms with E-state index in [1.54, 1.807) is 0 Å². The number of halogens is 4. The van der Waals surface area contributed by atoms with E-state index < -0.39 is 23.7 Å². The Balaban J connectivity index is 2.38. The molecule has 2 N–H and O–H groups in total. The van der Waals surface area contributed by atoms with Gasteiger partial charge in [-0.2, -0.15) is 13.2 Å². The van der Waals surface area contributed by atoms with Gasteiger partial charge in [-0.25, -0.2) is 9.37 Å². The van der Waals surface area contributed by atoms with Gasteiger partial charge >= 0.3 is 6.18 Å². The molecule has 0 aliphatic carbocycles. The summed E-state index contributed by atoms with van der Waals surface area (Å²) in [6.45, 7) is 1.39. The summed E-state index contributed by atoms with van der Waals surface area (Å²) >= 11 is 0. The zero-order valence-corrected chi connectivity index (χ0v) is 11.0. The lowest BCUT2D eigenvalue weighted by molar-refractivity contribution is -0.141. The molecule has 112 valence electrons. The van der Waals surface area contributed by atoms with E-state index in [9.17, 15) is 17.6 Å². The highest BCUT2D eigenvalue weighted by Crippen LogP contribution is 2.38. The van der Waals surface area contributed by atoms with E-state index in [2.05, 4.69) is 4.98 Å². The lowest BCUT2D eigenvalue weighted by atomic mass is 10.0. The second-order valence-electron chi connectivity index (χ2n) is 4.35. The molecule has 0 aliphatic heterocycles. The number of benzene rings is 1. The standard InChI is InChI=1S/C14H12F4N2O/c1-8(21-11-6-3-7-20-13(11)19)9-4-2-5-10(15)12(9)14(16,17)18/h2-8H,1H3,(H2,19,20). The number of anilines is 1. The molecule has 21 heavy (non-hydrogen) atoms. The number of alkyl halides is 3. The Labute approximate surface area is 118 Å². The fourth-order valence-corrected chi connectivity index (χ4v) is 1.94. The summed E-state index contributed by atoms with van der Waals surface area (Å²) in [6, 6.07) is 6.15. The third-order valence-corrected chi connectivity index (χ3v) is 2.87. The first-order valence-corrected chi connectivity index (χ1v) is 6.03. The first-order valence-electron chi connectivity index (χ1n) is 6.03. The van der Waals surface area contributed by atoms with Crippen molar-refractivity contribution in [2.45, 2.75) is 19.2 Å². The van der Waals surface area contributed by atoms with Crippen molar-refractivity contribution in [3.05, 3.63) is 53.5 Å². The van der Waals surface area contributed by atoms with E-state index in [1.807, 2.05) is 0 Å². The average molecular weight is 300 g/mol. The van der Waals surface area contributed by atoms with Gasteiger partial charge in [0, 0.05) is 11.8 Å². The third kappa shape index (κ3) is 3.24. The van der Waals surface area contributed by atoms with E-state index in [1.165, 1.54) is 37.4 Å². The second kappa shape index (κ2) is 5.59. The van der Waals surface area contributed by atoms with Gasteiger partial charge in [0.1, 0.15) is 11.9 Å². The zero-order chi connectivity index (χ0) is 15.6. The lowest BCUT2D eigenvalue weighted by Gasteiger charge is -2.20. The van der Waals surface area contributed by atoms with Crippen molar-refractivity contribution < 1.29 is 22.3 Å². The van der Waals surface area contributed by atoms with Crippen molar-refractivity contribution in [3.8, 4) is 5.75 Å². The molecule has 0 saturated heterocycles. The maximum Gasteiger partial charge on any atom is 0.419 e. The Hall–Kier alpha value is -2.31. The van der Waals surface area contributed by atoms with Crippen LogP contribution >= 0.6 is 0 Å². The molecule has 0 saturated carbocycles. The van der Waals surface area contributed by atoms with Gasteiger partial charge in [0.2, 0.25) is 0 Å². The van der Waals surface area contributed by atoms with Crippen LogP contribution in [0.1, 0.15) is 24.2 Å². The van der Waals surface area contributed by atoms with Crippen LogP contribution in [-0.4, -0.2) is 4.98 Å². The molecular weight excluding hydrogens is 288 g/mol. The predicted molar refractivity (Wildman–Crippen MR) is 69.1 cm³/mol. The smallest absolute Gasteiger partial charge is 0.419 e. The molecule has 0 spiro atoms. The molecule has 2 rings (SSSR count). The maximum atomic E-state index is 13.5. The van der Waals surface area contributed by atoms with E-state index in [4.69, 9.17) is 10.5 Å². The fraction of sp³-hybridized carbons (Fsp3) is 0.214. The SMILES string of the molecule is CC(Oc1cccnc1N)c1cccc(F)c1C(F)(F)F. The minimum Gasteiger partial charge on any atom is -0.482 e. The van der Waals surface area contributed by atoms with Crippen LogP contribution in [0.3, 0.4) is 0 Å². The molecule has 2 aromatic rings. The molecule has 7 heteroatoms. The van der Waals surface area contributed by atoms with E-state index in [-0.39, 0.29) is 17.1 Å². The zero-order valence-electron chi connectivity index (χ0n) is 11.0. The van der Waals surface area contributed by atoms with Crippen molar-refractivity contribution in [1.29, 1.82) is 0 Å². The second-order valence-corrected chi connectivity index (χ2v) is 4.35. The molecule has 1 atom stereocenters. The first kappa shape index (κ1) is 15.1. The molecular formula is C14H12F4N2O. The summed E-state index contributed by atoms with van der Waals surface area (Å²) in [5, 5.41) is 0. The Kier molecular flexibility index (Phi) is 4.02. The molecule has 0 aliphatic rings. The first-order chi connectivity index (χ1) is 9.80. The summed E-state index contributed by atoms with van der Waals surface area (Å²) in [5.41, 5.74) is 3.93. The highest BCUT2D eigenvalue weighted by Gasteiger charge is 2.38. The molecule has 3 nitrogen and oxygen atoms in total. The van der Waals surface area contributed by atoms with Crippen molar-refractivity contribution in [3.63, 3.8) is 0 Å². The number of ether oxygens (including phenoxy) is 1. The van der Waals surface area contributed by atoms with Crippen LogP contribution < -0.4 is 10.5 Å². The monoisotopic (exact) mass is 300 g/mol. The molecule has 1 aromatic heterocycles. The summed E-state index contributed by atoms with van der Waals surface area (Å²) in [6.07, 6.45) is -4.42. The van der Waals surface area contributed by atoms with Gasteiger partial charge in [-0.1, -0.05) is 12.1 Å². The number of hydrogen-bond acceptors (Lipinski definition) is 3. The summed E-state index contributed by atoms with van der Waals surface area (Å²) in [7, 11) is 0. The Morgan fingerprint density at radius 2 is 1.90 bits per heavy atom. The molecule has 1 aromatic carbocycles. The topological polar surface area (TPSA) is 48.1 Å². The molecule has 0 bridgehead atoms. The largest absolute Gasteiger partial charge is 0.482 e. The number of aromatic nitrogens is 1. The number of pyridine rings is 1. The van der Waals surface area contributed by atoms with Crippen LogP contribution in [0, 0.1) is 5.82 Å². The Bertz CT molecular complexity index is 643. The van der Waals surface area contributed by atoms with E-state index in [0.29, 0.717) is 0 Å². The fourth-order valence-electron chi connectivity index (χ4n) is 1.94.